The van der Waals surface area contributed by atoms with Crippen LogP contribution in [0.1, 0.15) is 20.8 Å². The Hall–Kier alpha value is -1.16. The molecule has 0 fully saturated rings. The summed E-state index contributed by atoms with van der Waals surface area (Å²) < 4.78 is 0. The molecular weight excluding hydrogens is 180 g/mol. The number of carbonyl (C=O) groups excluding carboxylic acids is 1. The zero-order chi connectivity index (χ0) is 10.7. The lowest BCUT2D eigenvalue weighted by Crippen LogP contribution is -2.33. The number of aliphatic imine (C=N–C) groups is 1. The van der Waals surface area contributed by atoms with E-state index in [9.17, 15) is 4.79 Å². The number of β-amino-alcohol motifs (C(OH)–C–C–N with tert-alkyl or cyclic N) is 1. The fourth-order valence-corrected chi connectivity index (χ4v) is 1.36. The van der Waals surface area contributed by atoms with Crippen molar-refractivity contribution in [2.45, 2.75) is 20.8 Å². The summed E-state index contributed by atoms with van der Waals surface area (Å²) in [7, 11) is 0. The highest BCUT2D eigenvalue weighted by Crippen LogP contribution is 2.16. The first-order chi connectivity index (χ1) is 6.56. The second-order valence-corrected chi connectivity index (χ2v) is 3.64. The predicted octanol–water partition coefficient (Wildman–Crippen LogP) is 0.779. The van der Waals surface area contributed by atoms with Crippen LogP contribution < -0.4 is 0 Å². The highest BCUT2D eigenvalue weighted by Gasteiger charge is 2.26. The minimum absolute atomic E-state index is 0.0342. The van der Waals surface area contributed by atoms with Crippen molar-refractivity contribution in [3.63, 3.8) is 0 Å². The smallest absolute Gasteiger partial charge is 0.277 e. The summed E-state index contributed by atoms with van der Waals surface area (Å²) in [6, 6.07) is 0. The number of hydrogen-bond donors (Lipinski definition) is 1. The SMILES string of the molecule is CC1=N/C(=C/C(C)C)C(=O)N1CCO. The topological polar surface area (TPSA) is 52.9 Å². The van der Waals surface area contributed by atoms with Crippen molar-refractivity contribution >= 4 is 11.7 Å². The van der Waals surface area contributed by atoms with Gasteiger partial charge in [-0.25, -0.2) is 4.99 Å². The molecule has 4 nitrogen and oxygen atoms in total. The molecule has 1 amide bonds. The average molecular weight is 196 g/mol. The van der Waals surface area contributed by atoms with Crippen LogP contribution in [0, 0.1) is 5.92 Å². The Morgan fingerprint density at radius 1 is 1.57 bits per heavy atom. The molecule has 78 valence electrons. The maximum Gasteiger partial charge on any atom is 0.277 e. The van der Waals surface area contributed by atoms with Crippen LogP contribution in [0.2, 0.25) is 0 Å². The van der Waals surface area contributed by atoms with Crippen LogP contribution in [0.15, 0.2) is 16.8 Å². The van der Waals surface area contributed by atoms with Crippen LogP contribution in [0.5, 0.6) is 0 Å². The standard InChI is InChI=1S/C10H16N2O2/c1-7(2)6-9-10(14)12(4-5-13)8(3)11-9/h6-7,13H,4-5H2,1-3H3/b9-6+. The van der Waals surface area contributed by atoms with E-state index in [1.54, 1.807) is 6.92 Å². The third-order valence-electron chi connectivity index (χ3n) is 1.95. The normalized spacial score (nSPS) is 19.8. The van der Waals surface area contributed by atoms with E-state index >= 15 is 0 Å². The minimum atomic E-state index is -0.106. The second-order valence-electron chi connectivity index (χ2n) is 3.64. The molecule has 1 aliphatic rings. The molecule has 4 heteroatoms. The highest BCUT2D eigenvalue weighted by atomic mass is 16.3. The van der Waals surface area contributed by atoms with Crippen LogP contribution in [0.3, 0.4) is 0 Å². The summed E-state index contributed by atoms with van der Waals surface area (Å²) >= 11 is 0. The lowest BCUT2D eigenvalue weighted by Gasteiger charge is -2.13. The van der Waals surface area contributed by atoms with Crippen LogP contribution in [-0.2, 0) is 4.79 Å². The minimum Gasteiger partial charge on any atom is -0.395 e. The van der Waals surface area contributed by atoms with Gasteiger partial charge in [0.25, 0.3) is 5.91 Å². The van der Waals surface area contributed by atoms with Crippen molar-refractivity contribution < 1.29 is 9.90 Å². The molecular formula is C10H16N2O2. The molecule has 0 aromatic rings. The van der Waals surface area contributed by atoms with Gasteiger partial charge in [-0.1, -0.05) is 19.9 Å². The van der Waals surface area contributed by atoms with E-state index < -0.39 is 0 Å². The number of aliphatic hydroxyl groups excluding tert-OH is 1. The molecule has 0 aromatic heterocycles. The number of nitrogens with zero attached hydrogens (tertiary/aromatic N) is 2. The third-order valence-corrected chi connectivity index (χ3v) is 1.95. The Labute approximate surface area is 83.9 Å². The predicted molar refractivity (Wildman–Crippen MR) is 54.8 cm³/mol. The number of allylic oxidation sites excluding steroid dienone is 1. The number of carbonyl (C=O) groups is 1. The molecule has 0 spiro atoms. The Balaban J connectivity index is 2.83. The molecule has 0 radical (unpaired) electrons. The lowest BCUT2D eigenvalue weighted by molar-refractivity contribution is -0.123. The van der Waals surface area contributed by atoms with Crippen molar-refractivity contribution in [2.24, 2.45) is 10.9 Å². The third kappa shape index (κ3) is 2.20. The van der Waals surface area contributed by atoms with Crippen molar-refractivity contribution in [3.05, 3.63) is 11.8 Å². The van der Waals surface area contributed by atoms with Crippen molar-refractivity contribution in [1.29, 1.82) is 0 Å². The molecule has 14 heavy (non-hydrogen) atoms. The van der Waals surface area contributed by atoms with Gasteiger partial charge in [0.05, 0.1) is 13.2 Å². The molecule has 0 saturated heterocycles. The summed E-state index contributed by atoms with van der Waals surface area (Å²) in [4.78, 5) is 17.3. The Kier molecular flexibility index (Phi) is 3.41. The van der Waals surface area contributed by atoms with Crippen LogP contribution in [-0.4, -0.2) is 34.9 Å². The van der Waals surface area contributed by atoms with E-state index in [-0.39, 0.29) is 12.5 Å². The first kappa shape index (κ1) is 10.9. The van der Waals surface area contributed by atoms with E-state index in [4.69, 9.17) is 5.11 Å². The molecule has 0 unspecified atom stereocenters. The summed E-state index contributed by atoms with van der Waals surface area (Å²) in [5, 5.41) is 8.76. The molecule has 0 aromatic carbocycles. The Morgan fingerprint density at radius 2 is 2.21 bits per heavy atom. The number of rotatable bonds is 3. The summed E-state index contributed by atoms with van der Waals surface area (Å²) in [6.45, 7) is 6.06. The molecule has 0 atom stereocenters. The van der Waals surface area contributed by atoms with E-state index in [2.05, 4.69) is 4.99 Å². The van der Waals surface area contributed by atoms with Crippen molar-refractivity contribution in [3.8, 4) is 0 Å². The first-order valence-corrected chi connectivity index (χ1v) is 4.76. The van der Waals surface area contributed by atoms with Gasteiger partial charge in [0.2, 0.25) is 0 Å². The van der Waals surface area contributed by atoms with E-state index in [1.807, 2.05) is 19.9 Å². The zero-order valence-electron chi connectivity index (χ0n) is 8.82. The van der Waals surface area contributed by atoms with Gasteiger partial charge < -0.3 is 5.11 Å². The fourth-order valence-electron chi connectivity index (χ4n) is 1.36. The zero-order valence-corrected chi connectivity index (χ0v) is 8.82. The van der Waals surface area contributed by atoms with Crippen LogP contribution in [0.25, 0.3) is 0 Å². The van der Waals surface area contributed by atoms with Gasteiger partial charge in [-0.3, -0.25) is 9.69 Å². The summed E-state index contributed by atoms with van der Waals surface area (Å²) in [5.74, 6) is 0.862. The van der Waals surface area contributed by atoms with Gasteiger partial charge in [0.15, 0.2) is 0 Å². The van der Waals surface area contributed by atoms with Gasteiger partial charge in [0.1, 0.15) is 11.5 Å². The number of hydrogen-bond acceptors (Lipinski definition) is 3. The maximum absolute atomic E-state index is 11.7. The van der Waals surface area contributed by atoms with Gasteiger partial charge in [-0.15, -0.1) is 0 Å². The fraction of sp³-hybridized carbons (Fsp3) is 0.600. The van der Waals surface area contributed by atoms with Gasteiger partial charge in [-0.05, 0) is 12.8 Å². The van der Waals surface area contributed by atoms with Crippen molar-refractivity contribution in [1.82, 2.24) is 4.90 Å². The quantitative estimate of drug-likeness (QED) is 0.678. The molecule has 0 bridgehead atoms. The van der Waals surface area contributed by atoms with E-state index in [0.717, 1.165) is 0 Å². The van der Waals surface area contributed by atoms with Gasteiger partial charge in [-0.2, -0.15) is 0 Å². The van der Waals surface area contributed by atoms with E-state index in [0.29, 0.717) is 24.0 Å². The second kappa shape index (κ2) is 4.37. The largest absolute Gasteiger partial charge is 0.395 e. The Bertz CT molecular complexity index is 292. The summed E-state index contributed by atoms with van der Waals surface area (Å²) in [5.41, 5.74) is 0.492. The van der Waals surface area contributed by atoms with Crippen LogP contribution in [0.4, 0.5) is 0 Å². The summed E-state index contributed by atoms with van der Waals surface area (Å²) in [6.07, 6.45) is 1.84. The lowest BCUT2D eigenvalue weighted by atomic mass is 10.2. The number of amidine groups is 1. The monoisotopic (exact) mass is 196 g/mol. The maximum atomic E-state index is 11.7. The first-order valence-electron chi connectivity index (χ1n) is 4.76. The van der Waals surface area contributed by atoms with Gasteiger partial charge >= 0.3 is 0 Å². The number of aliphatic hydroxyl groups is 1. The molecule has 0 saturated carbocycles. The Morgan fingerprint density at radius 3 is 2.71 bits per heavy atom. The van der Waals surface area contributed by atoms with E-state index in [1.165, 1.54) is 4.90 Å². The van der Waals surface area contributed by atoms with Crippen LogP contribution >= 0.6 is 0 Å². The van der Waals surface area contributed by atoms with Gasteiger partial charge in [0, 0.05) is 0 Å². The molecule has 1 heterocycles. The van der Waals surface area contributed by atoms with Crippen molar-refractivity contribution in [2.75, 3.05) is 13.2 Å². The molecule has 1 rings (SSSR count). The molecule has 1 N–H and O–H groups in total. The molecule has 1 aliphatic heterocycles. The molecule has 0 aliphatic carbocycles. The highest BCUT2D eigenvalue weighted by molar-refractivity contribution is 6.11. The number of amides is 1. The average Bonchev–Trinajstić information content (AvgIpc) is 2.32.